The van der Waals surface area contributed by atoms with E-state index in [-0.39, 0.29) is 16.4 Å². The molecule has 1 aromatic heterocycles. The molecule has 0 unspecified atom stereocenters. The molecule has 0 fully saturated rings. The summed E-state index contributed by atoms with van der Waals surface area (Å²) in [5.74, 6) is 0.792. The Bertz CT molecular complexity index is 756. The van der Waals surface area contributed by atoms with Gasteiger partial charge in [0.1, 0.15) is 11.0 Å². The number of carbonyl (C=O) groups is 1. The number of hydrogen-bond acceptors (Lipinski definition) is 3. The number of benzene rings is 1. The summed E-state index contributed by atoms with van der Waals surface area (Å²) in [6.45, 7) is 4.21. The number of nitrogens with zero attached hydrogens (tertiary/aromatic N) is 1. The Morgan fingerprint density at radius 3 is 2.43 bits per heavy atom. The molecular formula is C17H17Cl2N3O. The quantitative estimate of drug-likeness (QED) is 0.813. The van der Waals surface area contributed by atoms with E-state index in [0.29, 0.717) is 17.4 Å². The summed E-state index contributed by atoms with van der Waals surface area (Å²) in [6, 6.07) is 7.72. The van der Waals surface area contributed by atoms with Gasteiger partial charge in [-0.25, -0.2) is 4.98 Å². The summed E-state index contributed by atoms with van der Waals surface area (Å²) in [6.07, 6.45) is 3.15. The van der Waals surface area contributed by atoms with Crippen molar-refractivity contribution in [3.8, 4) is 11.4 Å². The zero-order valence-corrected chi connectivity index (χ0v) is 14.4. The zero-order valence-electron chi connectivity index (χ0n) is 12.9. The lowest BCUT2D eigenvalue weighted by atomic mass is 9.79. The lowest BCUT2D eigenvalue weighted by Gasteiger charge is -2.29. The Balaban J connectivity index is 1.76. The number of aromatic nitrogens is 2. The zero-order chi connectivity index (χ0) is 16.6. The number of halogens is 2. The average Bonchev–Trinajstić information content (AvgIpc) is 2.77. The van der Waals surface area contributed by atoms with E-state index in [4.69, 9.17) is 23.2 Å². The van der Waals surface area contributed by atoms with Crippen LogP contribution in [0.25, 0.3) is 11.4 Å². The highest BCUT2D eigenvalue weighted by Gasteiger charge is 2.27. The summed E-state index contributed by atoms with van der Waals surface area (Å²) in [7, 11) is 0. The number of ketones is 1. The van der Waals surface area contributed by atoms with Crippen molar-refractivity contribution in [2.24, 2.45) is 5.41 Å². The Hall–Kier alpha value is -1.78. The monoisotopic (exact) mass is 349 g/mol. The molecule has 3 rings (SSSR count). The maximum Gasteiger partial charge on any atom is 0.166 e. The minimum atomic E-state index is -0.00419. The van der Waals surface area contributed by atoms with Crippen LogP contribution in [0.4, 0.5) is 5.69 Å². The maximum absolute atomic E-state index is 11.8. The van der Waals surface area contributed by atoms with Gasteiger partial charge in [-0.05, 0) is 36.1 Å². The standard InChI is InChI=1S/C17H17Cl2N3O/c1-17(2)8-12(7-13(23)9-17)20-11-5-3-10(4-6-11)16-21-14(18)15(19)22-16/h3-7,20H,8-9H2,1-2H3,(H,21,22). The summed E-state index contributed by atoms with van der Waals surface area (Å²) in [5.41, 5.74) is 2.76. The number of rotatable bonds is 3. The van der Waals surface area contributed by atoms with Crippen LogP contribution >= 0.6 is 23.2 Å². The van der Waals surface area contributed by atoms with E-state index in [9.17, 15) is 4.79 Å². The molecule has 1 heterocycles. The highest BCUT2D eigenvalue weighted by molar-refractivity contribution is 6.40. The number of allylic oxidation sites excluding steroid dienone is 2. The molecule has 0 saturated carbocycles. The highest BCUT2D eigenvalue weighted by Crippen LogP contribution is 2.34. The predicted octanol–water partition coefficient (Wildman–Crippen LogP) is 5.07. The Morgan fingerprint density at radius 2 is 1.87 bits per heavy atom. The smallest absolute Gasteiger partial charge is 0.166 e. The van der Waals surface area contributed by atoms with E-state index in [1.54, 1.807) is 6.08 Å². The van der Waals surface area contributed by atoms with E-state index in [2.05, 4.69) is 29.1 Å². The number of imidazole rings is 1. The van der Waals surface area contributed by atoms with Gasteiger partial charge in [-0.3, -0.25) is 4.79 Å². The molecule has 120 valence electrons. The molecule has 0 saturated heterocycles. The van der Waals surface area contributed by atoms with E-state index in [0.717, 1.165) is 23.4 Å². The number of nitrogens with one attached hydrogen (secondary N) is 2. The first-order chi connectivity index (χ1) is 10.8. The Labute approximate surface area is 144 Å². The van der Waals surface area contributed by atoms with Crippen LogP contribution in [-0.2, 0) is 4.79 Å². The first kappa shape index (κ1) is 16.1. The predicted molar refractivity (Wildman–Crippen MR) is 93.8 cm³/mol. The van der Waals surface area contributed by atoms with Crippen molar-refractivity contribution in [1.82, 2.24) is 9.97 Å². The molecule has 1 aromatic carbocycles. The molecule has 1 aliphatic carbocycles. The van der Waals surface area contributed by atoms with Gasteiger partial charge < -0.3 is 10.3 Å². The van der Waals surface area contributed by atoms with Gasteiger partial charge in [-0.2, -0.15) is 0 Å². The number of H-pyrrole nitrogens is 1. The van der Waals surface area contributed by atoms with Crippen LogP contribution in [0.15, 0.2) is 36.0 Å². The first-order valence-corrected chi connectivity index (χ1v) is 8.10. The van der Waals surface area contributed by atoms with E-state index >= 15 is 0 Å². The largest absolute Gasteiger partial charge is 0.359 e. The Morgan fingerprint density at radius 1 is 1.17 bits per heavy atom. The fourth-order valence-electron chi connectivity index (χ4n) is 2.79. The second-order valence-electron chi connectivity index (χ2n) is 6.55. The minimum absolute atomic E-state index is 0.00419. The van der Waals surface area contributed by atoms with Crippen molar-refractivity contribution in [1.29, 1.82) is 0 Å². The van der Waals surface area contributed by atoms with E-state index in [1.165, 1.54) is 0 Å². The summed E-state index contributed by atoms with van der Waals surface area (Å²) in [4.78, 5) is 18.9. The van der Waals surface area contributed by atoms with Crippen molar-refractivity contribution in [3.05, 3.63) is 46.3 Å². The first-order valence-electron chi connectivity index (χ1n) is 7.34. The van der Waals surface area contributed by atoms with Crippen LogP contribution in [0.1, 0.15) is 26.7 Å². The molecule has 2 N–H and O–H groups in total. The van der Waals surface area contributed by atoms with Crippen LogP contribution in [0.3, 0.4) is 0 Å². The Kier molecular flexibility index (Phi) is 4.21. The van der Waals surface area contributed by atoms with E-state index in [1.807, 2.05) is 24.3 Å². The van der Waals surface area contributed by atoms with Crippen molar-refractivity contribution in [2.45, 2.75) is 26.7 Å². The van der Waals surface area contributed by atoms with Crippen molar-refractivity contribution >= 4 is 34.7 Å². The van der Waals surface area contributed by atoms with Crippen molar-refractivity contribution < 1.29 is 4.79 Å². The molecule has 6 heteroatoms. The number of anilines is 1. The van der Waals surface area contributed by atoms with Gasteiger partial charge >= 0.3 is 0 Å². The SMILES string of the molecule is CC1(C)CC(=O)C=C(Nc2ccc(-c3nc(Cl)c(Cl)[nH]3)cc2)C1. The number of carbonyl (C=O) groups excluding carboxylic acids is 1. The van der Waals surface area contributed by atoms with Crippen LogP contribution < -0.4 is 5.32 Å². The van der Waals surface area contributed by atoms with Crippen molar-refractivity contribution in [3.63, 3.8) is 0 Å². The molecule has 0 radical (unpaired) electrons. The molecule has 0 amide bonds. The molecule has 2 aromatic rings. The summed E-state index contributed by atoms with van der Waals surface area (Å²) >= 11 is 11.7. The third kappa shape index (κ3) is 3.77. The van der Waals surface area contributed by atoms with Gasteiger partial charge in [0, 0.05) is 29.4 Å². The topological polar surface area (TPSA) is 57.8 Å². The average molecular weight is 350 g/mol. The molecule has 1 aliphatic rings. The second kappa shape index (κ2) is 6.02. The van der Waals surface area contributed by atoms with E-state index < -0.39 is 0 Å². The molecule has 0 atom stereocenters. The van der Waals surface area contributed by atoms with Crippen LogP contribution in [0.2, 0.25) is 10.3 Å². The van der Waals surface area contributed by atoms with Crippen LogP contribution in [-0.4, -0.2) is 15.8 Å². The normalized spacial score (nSPS) is 17.0. The molecule has 23 heavy (non-hydrogen) atoms. The van der Waals surface area contributed by atoms with Gasteiger partial charge in [-0.1, -0.05) is 37.0 Å². The number of hydrogen-bond donors (Lipinski definition) is 2. The molecule has 0 spiro atoms. The van der Waals surface area contributed by atoms with Crippen molar-refractivity contribution in [2.75, 3.05) is 5.32 Å². The summed E-state index contributed by atoms with van der Waals surface area (Å²) in [5, 5.41) is 3.91. The van der Waals surface area contributed by atoms with Crippen LogP contribution in [0, 0.1) is 5.41 Å². The van der Waals surface area contributed by atoms with Gasteiger partial charge in [0.15, 0.2) is 10.9 Å². The van der Waals surface area contributed by atoms with Gasteiger partial charge in [0.25, 0.3) is 0 Å². The number of aromatic amines is 1. The van der Waals surface area contributed by atoms with Gasteiger partial charge in [-0.15, -0.1) is 0 Å². The van der Waals surface area contributed by atoms with Gasteiger partial charge in [0.2, 0.25) is 0 Å². The minimum Gasteiger partial charge on any atom is -0.359 e. The fraction of sp³-hybridized carbons (Fsp3) is 0.294. The fourth-order valence-corrected chi connectivity index (χ4v) is 3.05. The third-order valence-electron chi connectivity index (χ3n) is 3.74. The molecule has 0 bridgehead atoms. The van der Waals surface area contributed by atoms with Crippen LogP contribution in [0.5, 0.6) is 0 Å². The molecular weight excluding hydrogens is 333 g/mol. The lowest BCUT2D eigenvalue weighted by Crippen LogP contribution is -2.24. The molecule has 0 aliphatic heterocycles. The molecule has 4 nitrogen and oxygen atoms in total. The van der Waals surface area contributed by atoms with Gasteiger partial charge in [0.05, 0.1) is 0 Å². The summed E-state index contributed by atoms with van der Waals surface area (Å²) < 4.78 is 0. The second-order valence-corrected chi connectivity index (χ2v) is 7.28. The highest BCUT2D eigenvalue weighted by atomic mass is 35.5. The lowest BCUT2D eigenvalue weighted by molar-refractivity contribution is -0.117. The maximum atomic E-state index is 11.8. The third-order valence-corrected chi connectivity index (χ3v) is 4.38.